The average Bonchev–Trinajstić information content (AvgIpc) is 2.69. The Morgan fingerprint density at radius 2 is 1.71 bits per heavy atom. The minimum Gasteiger partial charge on any atom is -0.463 e. The van der Waals surface area contributed by atoms with Crippen molar-refractivity contribution in [3.8, 4) is 0 Å². The summed E-state index contributed by atoms with van der Waals surface area (Å²) >= 11 is 7.20. The van der Waals surface area contributed by atoms with Gasteiger partial charge < -0.3 is 18.9 Å². The fraction of sp³-hybridized carbons (Fsp3) is 0.526. The van der Waals surface area contributed by atoms with Crippen molar-refractivity contribution in [1.29, 1.82) is 0 Å². The summed E-state index contributed by atoms with van der Waals surface area (Å²) in [5.41, 5.74) is 9.22. The molecule has 10 nitrogen and oxygen atoms in total. The molecule has 0 aromatic heterocycles. The SMILES string of the molecule is CC(=O)OCC1O[C@H](SCc2ccc(Cl)cc2)C(OC(C)=O)C(N=[N+]=[N-])[C@H]1OC(C)=O. The lowest BCUT2D eigenvalue weighted by molar-refractivity contribution is -0.201. The molecule has 0 radical (unpaired) electrons. The van der Waals surface area contributed by atoms with E-state index < -0.39 is 47.7 Å². The van der Waals surface area contributed by atoms with Gasteiger partial charge in [0.05, 0.1) is 0 Å². The Labute approximate surface area is 188 Å². The first-order valence-corrected chi connectivity index (χ1v) is 10.7. The lowest BCUT2D eigenvalue weighted by Gasteiger charge is -2.43. The van der Waals surface area contributed by atoms with E-state index in [0.29, 0.717) is 10.8 Å². The number of carbonyl (C=O) groups is 3. The molecule has 1 saturated heterocycles. The molecule has 1 fully saturated rings. The zero-order valence-corrected chi connectivity index (χ0v) is 18.7. The molecule has 5 atom stereocenters. The van der Waals surface area contributed by atoms with Crippen molar-refractivity contribution in [2.24, 2.45) is 5.11 Å². The second kappa shape index (κ2) is 11.8. The molecule has 1 heterocycles. The van der Waals surface area contributed by atoms with Crippen LogP contribution in [0.5, 0.6) is 0 Å². The number of ether oxygens (including phenoxy) is 4. The van der Waals surface area contributed by atoms with Crippen molar-refractivity contribution in [3.05, 3.63) is 45.3 Å². The molecule has 0 bridgehead atoms. The Hall–Kier alpha value is -2.46. The van der Waals surface area contributed by atoms with E-state index in [0.717, 1.165) is 5.56 Å². The molecule has 0 spiro atoms. The van der Waals surface area contributed by atoms with Crippen LogP contribution in [0, 0.1) is 0 Å². The molecule has 12 heteroatoms. The molecular weight excluding hydrogens is 450 g/mol. The van der Waals surface area contributed by atoms with E-state index in [1.54, 1.807) is 12.1 Å². The highest BCUT2D eigenvalue weighted by molar-refractivity contribution is 7.99. The van der Waals surface area contributed by atoms with E-state index in [4.69, 9.17) is 36.1 Å². The topological polar surface area (TPSA) is 137 Å². The van der Waals surface area contributed by atoms with Gasteiger partial charge >= 0.3 is 17.9 Å². The Kier molecular flexibility index (Phi) is 9.44. The van der Waals surface area contributed by atoms with Crippen LogP contribution in [-0.2, 0) is 39.1 Å². The van der Waals surface area contributed by atoms with E-state index in [2.05, 4.69) is 10.0 Å². The van der Waals surface area contributed by atoms with Crippen molar-refractivity contribution >= 4 is 41.3 Å². The number of hydrogen-bond acceptors (Lipinski definition) is 9. The summed E-state index contributed by atoms with van der Waals surface area (Å²) in [5.74, 6) is -1.38. The average molecular weight is 472 g/mol. The molecule has 0 N–H and O–H groups in total. The molecule has 1 aromatic carbocycles. The zero-order chi connectivity index (χ0) is 23.0. The molecule has 0 amide bonds. The molecule has 2 rings (SSSR count). The Morgan fingerprint density at radius 3 is 2.26 bits per heavy atom. The Balaban J connectivity index is 2.33. The third-order valence-corrected chi connectivity index (χ3v) is 5.64. The minimum atomic E-state index is -1.12. The number of esters is 3. The first-order valence-electron chi connectivity index (χ1n) is 9.24. The van der Waals surface area contributed by atoms with Gasteiger partial charge in [-0.25, -0.2) is 0 Å². The van der Waals surface area contributed by atoms with E-state index in [-0.39, 0.29) is 6.61 Å². The number of rotatable bonds is 8. The smallest absolute Gasteiger partial charge is 0.303 e. The van der Waals surface area contributed by atoms with Gasteiger partial charge in [0.25, 0.3) is 0 Å². The maximum Gasteiger partial charge on any atom is 0.303 e. The Morgan fingerprint density at radius 1 is 1.10 bits per heavy atom. The summed E-state index contributed by atoms with van der Waals surface area (Å²) in [6, 6.07) is 6.07. The monoisotopic (exact) mass is 471 g/mol. The fourth-order valence-corrected chi connectivity index (χ4v) is 4.27. The highest BCUT2D eigenvalue weighted by Crippen LogP contribution is 2.35. The quantitative estimate of drug-likeness (QED) is 0.185. The second-order valence-corrected chi connectivity index (χ2v) is 8.15. The van der Waals surface area contributed by atoms with Crippen LogP contribution < -0.4 is 0 Å². The molecule has 168 valence electrons. The first kappa shape index (κ1) is 24.8. The van der Waals surface area contributed by atoms with Crippen molar-refractivity contribution in [3.63, 3.8) is 0 Å². The van der Waals surface area contributed by atoms with Gasteiger partial charge in [0.2, 0.25) is 0 Å². The van der Waals surface area contributed by atoms with Crippen LogP contribution >= 0.6 is 23.4 Å². The molecule has 1 aliphatic rings. The van der Waals surface area contributed by atoms with Gasteiger partial charge in [0.15, 0.2) is 0 Å². The maximum atomic E-state index is 11.7. The predicted octanol–water partition coefficient (Wildman–Crippen LogP) is 3.40. The molecule has 1 aromatic rings. The normalized spacial score (nSPS) is 25.1. The summed E-state index contributed by atoms with van der Waals surface area (Å²) in [4.78, 5) is 37.5. The zero-order valence-electron chi connectivity index (χ0n) is 17.1. The van der Waals surface area contributed by atoms with Gasteiger partial charge in [-0.1, -0.05) is 28.8 Å². The number of benzene rings is 1. The van der Waals surface area contributed by atoms with Gasteiger partial charge in [0.1, 0.15) is 36.4 Å². The van der Waals surface area contributed by atoms with Crippen LogP contribution in [0.2, 0.25) is 5.02 Å². The summed E-state index contributed by atoms with van der Waals surface area (Å²) in [5, 5.41) is 4.31. The standard InChI is InChI=1S/C19H22ClN3O7S/c1-10(24)27-8-15-17(28-11(2)25)16(22-23-21)18(29-12(3)26)19(30-15)31-9-13-4-6-14(20)7-5-13/h4-7,15-19H,8-9H2,1-3H3/t15?,16?,17-,18?,19+/m0/s1. The van der Waals surface area contributed by atoms with Crippen LogP contribution in [0.1, 0.15) is 26.3 Å². The van der Waals surface area contributed by atoms with Gasteiger partial charge in [-0.3, -0.25) is 14.4 Å². The van der Waals surface area contributed by atoms with E-state index in [1.807, 2.05) is 12.1 Å². The molecule has 0 aliphatic carbocycles. The number of halogens is 1. The Bertz CT molecular complexity index is 847. The van der Waals surface area contributed by atoms with E-state index >= 15 is 0 Å². The van der Waals surface area contributed by atoms with Crippen LogP contribution in [0.25, 0.3) is 10.4 Å². The molecule has 31 heavy (non-hydrogen) atoms. The van der Waals surface area contributed by atoms with E-state index in [1.165, 1.54) is 32.5 Å². The van der Waals surface area contributed by atoms with Crippen molar-refractivity contribution < 1.29 is 33.3 Å². The van der Waals surface area contributed by atoms with Crippen LogP contribution in [-0.4, -0.2) is 54.3 Å². The lowest BCUT2D eigenvalue weighted by Crippen LogP contribution is -2.59. The molecule has 0 saturated carbocycles. The minimum absolute atomic E-state index is 0.241. The maximum absolute atomic E-state index is 11.7. The molecule has 1 aliphatic heterocycles. The van der Waals surface area contributed by atoms with Crippen molar-refractivity contribution in [1.82, 2.24) is 0 Å². The van der Waals surface area contributed by atoms with Crippen molar-refractivity contribution in [2.45, 2.75) is 56.3 Å². The molecule has 3 unspecified atom stereocenters. The summed E-state index contributed by atoms with van der Waals surface area (Å²) in [7, 11) is 0. The third kappa shape index (κ3) is 7.62. The number of hydrogen-bond donors (Lipinski definition) is 0. The van der Waals surface area contributed by atoms with Gasteiger partial charge in [-0.2, -0.15) is 0 Å². The van der Waals surface area contributed by atoms with Gasteiger partial charge in [-0.15, -0.1) is 11.8 Å². The van der Waals surface area contributed by atoms with Gasteiger partial charge in [-0.05, 0) is 23.2 Å². The molecular formula is C19H22ClN3O7S. The first-order chi connectivity index (χ1) is 14.7. The summed E-state index contributed by atoms with van der Waals surface area (Å²) < 4.78 is 21.7. The van der Waals surface area contributed by atoms with Crippen LogP contribution in [0.4, 0.5) is 0 Å². The summed E-state index contributed by atoms with van der Waals surface area (Å²) in [6.07, 6.45) is -3.09. The number of nitrogens with zero attached hydrogens (tertiary/aromatic N) is 3. The van der Waals surface area contributed by atoms with Crippen LogP contribution in [0.3, 0.4) is 0 Å². The fourth-order valence-electron chi connectivity index (χ4n) is 2.97. The van der Waals surface area contributed by atoms with Gasteiger partial charge in [0, 0.05) is 36.5 Å². The number of thioether (sulfide) groups is 1. The lowest BCUT2D eigenvalue weighted by atomic mass is 9.97. The highest BCUT2D eigenvalue weighted by atomic mass is 35.5. The van der Waals surface area contributed by atoms with E-state index in [9.17, 15) is 14.4 Å². The summed E-state index contributed by atoms with van der Waals surface area (Å²) in [6.45, 7) is 3.37. The van der Waals surface area contributed by atoms with Crippen molar-refractivity contribution in [2.75, 3.05) is 6.61 Å². The third-order valence-electron chi connectivity index (χ3n) is 4.18. The predicted molar refractivity (Wildman–Crippen MR) is 112 cm³/mol. The van der Waals surface area contributed by atoms with Crippen LogP contribution in [0.15, 0.2) is 29.4 Å². The largest absolute Gasteiger partial charge is 0.463 e. The second-order valence-electron chi connectivity index (χ2n) is 6.63. The number of carbonyl (C=O) groups excluding carboxylic acids is 3. The highest BCUT2D eigenvalue weighted by Gasteiger charge is 2.49. The number of azide groups is 1.